The molecular weight excluding hydrogens is 435 g/mol. The molecular formula is C19H17BrF3N5. The third kappa shape index (κ3) is 3.17. The average Bonchev–Trinajstić information content (AvgIpc) is 3.13. The van der Waals surface area contributed by atoms with E-state index < -0.39 is 23.8 Å². The van der Waals surface area contributed by atoms with Crippen LogP contribution in [0.2, 0.25) is 0 Å². The van der Waals surface area contributed by atoms with Gasteiger partial charge in [-0.15, -0.1) is 0 Å². The van der Waals surface area contributed by atoms with E-state index in [-0.39, 0.29) is 5.56 Å². The van der Waals surface area contributed by atoms with Gasteiger partial charge in [0.05, 0.1) is 28.2 Å². The van der Waals surface area contributed by atoms with Gasteiger partial charge >= 0.3 is 0 Å². The molecule has 0 saturated carbocycles. The molecule has 0 amide bonds. The Morgan fingerprint density at radius 1 is 1.21 bits per heavy atom. The van der Waals surface area contributed by atoms with E-state index in [1.807, 2.05) is 11.0 Å². The number of rotatable bonds is 4. The van der Waals surface area contributed by atoms with Gasteiger partial charge in [0.15, 0.2) is 0 Å². The van der Waals surface area contributed by atoms with E-state index in [2.05, 4.69) is 36.2 Å². The molecule has 5 nitrogen and oxygen atoms in total. The second-order valence-electron chi connectivity index (χ2n) is 6.62. The van der Waals surface area contributed by atoms with Crippen LogP contribution >= 0.6 is 15.9 Å². The molecule has 0 saturated heterocycles. The Labute approximate surface area is 168 Å². The maximum atomic E-state index is 14.5. The van der Waals surface area contributed by atoms with Gasteiger partial charge < -0.3 is 10.2 Å². The van der Waals surface area contributed by atoms with Gasteiger partial charge in [0, 0.05) is 12.1 Å². The van der Waals surface area contributed by atoms with E-state index >= 15 is 0 Å². The summed E-state index contributed by atoms with van der Waals surface area (Å²) < 4.78 is 41.4. The van der Waals surface area contributed by atoms with Crippen molar-refractivity contribution in [2.24, 2.45) is 4.99 Å². The first kappa shape index (κ1) is 18.9. The number of amidine groups is 1. The van der Waals surface area contributed by atoms with Gasteiger partial charge in [-0.1, -0.05) is 18.2 Å². The highest BCUT2D eigenvalue weighted by Gasteiger charge is 2.31. The third-order valence-corrected chi connectivity index (χ3v) is 5.32. The summed E-state index contributed by atoms with van der Waals surface area (Å²) in [7, 11) is 0. The van der Waals surface area contributed by atoms with E-state index in [9.17, 15) is 13.2 Å². The number of nitrogens with zero attached hydrogens (tertiary/aromatic N) is 4. The molecule has 0 spiro atoms. The fourth-order valence-electron chi connectivity index (χ4n) is 3.42. The zero-order chi connectivity index (χ0) is 20.0. The van der Waals surface area contributed by atoms with Gasteiger partial charge in [0.1, 0.15) is 29.1 Å². The summed E-state index contributed by atoms with van der Waals surface area (Å²) in [6.07, 6.45) is -0.996. The summed E-state index contributed by atoms with van der Waals surface area (Å²) in [5.41, 5.74) is 0.299. The zero-order valence-corrected chi connectivity index (χ0v) is 16.8. The highest BCUT2D eigenvalue weighted by molar-refractivity contribution is 9.12. The van der Waals surface area contributed by atoms with Gasteiger partial charge in [0.25, 0.3) is 6.43 Å². The van der Waals surface area contributed by atoms with Crippen molar-refractivity contribution >= 4 is 39.5 Å². The van der Waals surface area contributed by atoms with Crippen LogP contribution in [0, 0.1) is 12.7 Å². The van der Waals surface area contributed by atoms with Gasteiger partial charge in [-0.05, 0) is 35.9 Å². The van der Waals surface area contributed by atoms with Crippen molar-refractivity contribution in [3.63, 3.8) is 0 Å². The van der Waals surface area contributed by atoms with E-state index in [1.54, 1.807) is 13.8 Å². The van der Waals surface area contributed by atoms with E-state index in [1.165, 1.54) is 12.1 Å². The molecule has 146 valence electrons. The predicted octanol–water partition coefficient (Wildman–Crippen LogP) is 5.00. The first-order valence-corrected chi connectivity index (χ1v) is 9.57. The molecule has 9 heteroatoms. The van der Waals surface area contributed by atoms with Crippen LogP contribution in [0.25, 0.3) is 6.08 Å². The summed E-state index contributed by atoms with van der Waals surface area (Å²) in [6.45, 7) is 4.86. The first-order chi connectivity index (χ1) is 13.4. The van der Waals surface area contributed by atoms with Crippen molar-refractivity contribution < 1.29 is 13.2 Å². The summed E-state index contributed by atoms with van der Waals surface area (Å²) in [5, 5.41) is 3.17. The van der Waals surface area contributed by atoms with Crippen molar-refractivity contribution in [2.75, 3.05) is 23.3 Å². The summed E-state index contributed by atoms with van der Waals surface area (Å²) in [6, 6.07) is 3.46. The standard InChI is InChI=1S/C19H17BrF3N5/c1-9(11-4-3-5-12(15(11)21)16(22)23)25-17-13-8-14(20)19-24-6-7-28(19)18(13)27-10(2)26-17/h3-5,8-9,16H,6-7H2,1-2H3,(H,25,26,27)/t9-/m1/s1. The largest absolute Gasteiger partial charge is 0.363 e. The Morgan fingerprint density at radius 3 is 2.71 bits per heavy atom. The second-order valence-corrected chi connectivity index (χ2v) is 7.48. The van der Waals surface area contributed by atoms with E-state index in [4.69, 9.17) is 0 Å². The van der Waals surface area contributed by atoms with Gasteiger partial charge in [-0.3, -0.25) is 4.99 Å². The highest BCUT2D eigenvalue weighted by atomic mass is 79.9. The Kier molecular flexibility index (Phi) is 4.86. The number of fused-ring (bicyclic) bond motifs is 3. The van der Waals surface area contributed by atoms with Crippen LogP contribution in [0.4, 0.5) is 24.8 Å². The molecule has 28 heavy (non-hydrogen) atoms. The molecule has 2 aromatic rings. The minimum atomic E-state index is -2.87. The lowest BCUT2D eigenvalue weighted by Gasteiger charge is -2.27. The minimum absolute atomic E-state index is 0.157. The minimum Gasteiger partial charge on any atom is -0.363 e. The Hall–Kier alpha value is -2.42. The third-order valence-electron chi connectivity index (χ3n) is 4.73. The number of nitrogens with one attached hydrogen (secondary N) is 1. The fraction of sp³-hybridized carbons (Fsp3) is 0.316. The summed E-state index contributed by atoms with van der Waals surface area (Å²) >= 11 is 3.53. The summed E-state index contributed by atoms with van der Waals surface area (Å²) in [5.74, 6) is 1.71. The molecule has 2 aliphatic rings. The highest BCUT2D eigenvalue weighted by Crippen LogP contribution is 2.37. The van der Waals surface area contributed by atoms with Crippen molar-refractivity contribution in [1.82, 2.24) is 9.97 Å². The molecule has 4 rings (SSSR count). The number of hydrogen-bond acceptors (Lipinski definition) is 5. The molecule has 0 unspecified atom stereocenters. The Bertz CT molecular complexity index is 1010. The number of halogens is 4. The maximum absolute atomic E-state index is 14.5. The number of aromatic nitrogens is 2. The quantitative estimate of drug-likeness (QED) is 0.710. The maximum Gasteiger partial charge on any atom is 0.266 e. The topological polar surface area (TPSA) is 53.4 Å². The number of aryl methyl sites for hydroxylation is 1. The van der Waals surface area contributed by atoms with E-state index in [0.717, 1.165) is 27.8 Å². The molecule has 1 aromatic carbocycles. The molecule has 2 aliphatic heterocycles. The van der Waals surface area contributed by atoms with Crippen LogP contribution < -0.4 is 10.2 Å². The number of hydrogen-bond donors (Lipinski definition) is 1. The van der Waals surface area contributed by atoms with Crippen molar-refractivity contribution in [3.8, 4) is 0 Å². The van der Waals surface area contributed by atoms with Crippen LogP contribution in [-0.2, 0) is 0 Å². The van der Waals surface area contributed by atoms with Gasteiger partial charge in [-0.25, -0.2) is 23.1 Å². The summed E-state index contributed by atoms with van der Waals surface area (Å²) in [4.78, 5) is 15.5. The molecule has 1 atom stereocenters. The van der Waals surface area contributed by atoms with Crippen molar-refractivity contribution in [1.29, 1.82) is 0 Å². The molecule has 0 fully saturated rings. The Morgan fingerprint density at radius 2 is 1.96 bits per heavy atom. The number of benzene rings is 1. The van der Waals surface area contributed by atoms with Crippen molar-refractivity contribution in [2.45, 2.75) is 26.3 Å². The van der Waals surface area contributed by atoms with Crippen LogP contribution in [-0.4, -0.2) is 28.9 Å². The second kappa shape index (κ2) is 7.20. The molecule has 1 aromatic heterocycles. The monoisotopic (exact) mass is 451 g/mol. The first-order valence-electron chi connectivity index (χ1n) is 8.78. The van der Waals surface area contributed by atoms with Crippen LogP contribution in [0.1, 0.15) is 41.9 Å². The fourth-order valence-corrected chi connectivity index (χ4v) is 3.99. The lowest BCUT2D eigenvalue weighted by Crippen LogP contribution is -2.32. The molecule has 0 aliphatic carbocycles. The van der Waals surface area contributed by atoms with E-state index in [0.29, 0.717) is 24.7 Å². The number of aliphatic imine (C=N–C) groups is 1. The van der Waals surface area contributed by atoms with Gasteiger partial charge in [0.2, 0.25) is 0 Å². The lowest BCUT2D eigenvalue weighted by atomic mass is 10.0. The molecule has 1 N–H and O–H groups in total. The van der Waals surface area contributed by atoms with Crippen LogP contribution in [0.15, 0.2) is 27.7 Å². The van der Waals surface area contributed by atoms with Crippen molar-refractivity contribution in [3.05, 3.63) is 51.0 Å². The molecule has 0 bridgehead atoms. The van der Waals surface area contributed by atoms with Gasteiger partial charge in [-0.2, -0.15) is 0 Å². The van der Waals surface area contributed by atoms with Crippen LogP contribution in [0.5, 0.6) is 0 Å². The number of anilines is 2. The molecule has 3 heterocycles. The smallest absolute Gasteiger partial charge is 0.266 e. The Balaban J connectivity index is 1.73. The average molecular weight is 452 g/mol. The van der Waals surface area contributed by atoms with Crippen LogP contribution in [0.3, 0.4) is 0 Å². The normalized spacial score (nSPS) is 16.5. The zero-order valence-electron chi connectivity index (χ0n) is 15.2. The SMILES string of the molecule is Cc1nc(N[C@H](C)c2cccc(C(F)F)c2F)c2c(n1)N1CCN=C1C(Br)=C2. The number of alkyl halides is 2. The predicted molar refractivity (Wildman–Crippen MR) is 107 cm³/mol. The lowest BCUT2D eigenvalue weighted by molar-refractivity contribution is 0.146. The molecule has 0 radical (unpaired) electrons.